The van der Waals surface area contributed by atoms with Crippen molar-refractivity contribution in [3.05, 3.63) is 0 Å². The van der Waals surface area contributed by atoms with Crippen molar-refractivity contribution in [2.75, 3.05) is 138 Å². The largest absolute Gasteiger partial charge is 0.481 e. The molecule has 0 saturated carbocycles. The van der Waals surface area contributed by atoms with Crippen molar-refractivity contribution in [2.45, 2.75) is 6.42 Å². The van der Waals surface area contributed by atoms with Crippen molar-refractivity contribution in [1.29, 1.82) is 0 Å². The van der Waals surface area contributed by atoms with Crippen molar-refractivity contribution < 1.29 is 71.8 Å². The molecule has 0 aromatic rings. The Hall–Kier alpha value is -3.70. The number of carboxylic acid groups (broad SMARTS) is 1. The van der Waals surface area contributed by atoms with Crippen molar-refractivity contribution in [3.8, 4) is 0 Å². The number of carbonyl (C=O) groups is 6. The number of urea groups is 1. The van der Waals surface area contributed by atoms with Crippen LogP contribution in [0.2, 0.25) is 0 Å². The summed E-state index contributed by atoms with van der Waals surface area (Å²) in [4.78, 5) is 67.3. The van der Waals surface area contributed by atoms with Crippen LogP contribution in [0.3, 0.4) is 0 Å². The summed E-state index contributed by atoms with van der Waals surface area (Å²) in [6.45, 7) is 4.77. The standard InChI is InChI=1S/C28H52N6O15/c29-28(41)34-22-26(38)33-21-25(37)32-20-24(36)31-19-23(35)30-2-4-43-6-8-45-10-12-47-14-16-49-18-17-48-15-13-46-11-9-44-7-5-42-3-1-27(39)40/h1-22H2,(H,30,35)(H,31,36)(H,32,37)(H,33,38)(H,39,40)(H3,29,34,41). The number of hydrogen-bond acceptors (Lipinski definition) is 14. The van der Waals surface area contributed by atoms with Crippen LogP contribution in [-0.4, -0.2) is 179 Å². The van der Waals surface area contributed by atoms with Gasteiger partial charge >= 0.3 is 12.0 Å². The van der Waals surface area contributed by atoms with E-state index >= 15 is 0 Å². The van der Waals surface area contributed by atoms with Gasteiger partial charge in [0.2, 0.25) is 23.6 Å². The summed E-state index contributed by atoms with van der Waals surface area (Å²) in [5.41, 5.74) is 4.82. The SMILES string of the molecule is NC(=O)NCC(=O)NCC(=O)NCC(=O)NCC(=O)NCCOCCOCCOCCOCCOCCOCCOCCOCCC(=O)O. The van der Waals surface area contributed by atoms with E-state index in [4.69, 9.17) is 48.7 Å². The number of aliphatic carboxylic acids is 1. The van der Waals surface area contributed by atoms with Crippen molar-refractivity contribution >= 4 is 35.6 Å². The molecule has 0 heterocycles. The molecule has 0 atom stereocenters. The van der Waals surface area contributed by atoms with Crippen LogP contribution in [0, 0.1) is 0 Å². The Labute approximate surface area is 284 Å². The monoisotopic (exact) mass is 712 g/mol. The van der Waals surface area contributed by atoms with Gasteiger partial charge in [-0.05, 0) is 0 Å². The maximum Gasteiger partial charge on any atom is 0.312 e. The molecule has 0 aliphatic rings. The molecule has 0 aromatic carbocycles. The maximum absolute atomic E-state index is 11.8. The van der Waals surface area contributed by atoms with E-state index in [0.717, 1.165) is 0 Å². The lowest BCUT2D eigenvalue weighted by Gasteiger charge is -2.09. The van der Waals surface area contributed by atoms with Crippen molar-refractivity contribution in [2.24, 2.45) is 5.73 Å². The Morgan fingerprint density at radius 3 is 0.959 bits per heavy atom. The molecule has 0 bridgehead atoms. The molecule has 284 valence electrons. The Bertz CT molecular complexity index is 916. The molecule has 6 amide bonds. The van der Waals surface area contributed by atoms with Crippen molar-refractivity contribution in [3.63, 3.8) is 0 Å². The van der Waals surface area contributed by atoms with Crippen LogP contribution in [-0.2, 0) is 61.9 Å². The van der Waals surface area contributed by atoms with Gasteiger partial charge in [0.25, 0.3) is 0 Å². The second-order valence-electron chi connectivity index (χ2n) is 9.44. The molecule has 8 N–H and O–H groups in total. The first-order valence-electron chi connectivity index (χ1n) is 15.6. The molecule has 0 radical (unpaired) electrons. The van der Waals surface area contributed by atoms with E-state index in [9.17, 15) is 28.8 Å². The van der Waals surface area contributed by atoms with Crippen LogP contribution < -0.4 is 32.3 Å². The zero-order chi connectivity index (χ0) is 36.2. The molecule has 49 heavy (non-hydrogen) atoms. The lowest BCUT2D eigenvalue weighted by atomic mass is 10.4. The third-order valence-electron chi connectivity index (χ3n) is 5.39. The van der Waals surface area contributed by atoms with E-state index in [0.29, 0.717) is 92.5 Å². The van der Waals surface area contributed by atoms with Crippen LogP contribution in [0.25, 0.3) is 0 Å². The van der Waals surface area contributed by atoms with Crippen LogP contribution in [0.5, 0.6) is 0 Å². The number of primary amides is 1. The molecule has 21 heteroatoms. The van der Waals surface area contributed by atoms with E-state index in [2.05, 4.69) is 26.6 Å². The summed E-state index contributed by atoms with van der Waals surface area (Å²) in [6, 6.07) is -0.882. The summed E-state index contributed by atoms with van der Waals surface area (Å²) < 4.78 is 42.7. The molecule has 0 aliphatic heterocycles. The number of rotatable bonds is 35. The lowest BCUT2D eigenvalue weighted by molar-refractivity contribution is -0.138. The van der Waals surface area contributed by atoms with Gasteiger partial charge in [0.1, 0.15) is 0 Å². The lowest BCUT2D eigenvalue weighted by Crippen LogP contribution is -2.46. The molecule has 0 saturated heterocycles. The van der Waals surface area contributed by atoms with Gasteiger partial charge in [0.15, 0.2) is 0 Å². The summed E-state index contributed by atoms with van der Waals surface area (Å²) in [7, 11) is 0. The Balaban J connectivity index is 3.33. The van der Waals surface area contributed by atoms with Gasteiger partial charge in [-0.25, -0.2) is 4.79 Å². The van der Waals surface area contributed by atoms with E-state index in [-0.39, 0.29) is 39.3 Å². The number of nitrogens with one attached hydrogen (secondary N) is 5. The van der Waals surface area contributed by atoms with Crippen molar-refractivity contribution in [1.82, 2.24) is 26.6 Å². The van der Waals surface area contributed by atoms with Gasteiger partial charge in [-0.3, -0.25) is 24.0 Å². The van der Waals surface area contributed by atoms with Gasteiger partial charge in [0.05, 0.1) is 138 Å². The van der Waals surface area contributed by atoms with Gasteiger partial charge in [-0.2, -0.15) is 0 Å². The fraction of sp³-hybridized carbons (Fsp3) is 0.786. The molecule has 0 unspecified atom stereocenters. The quantitative estimate of drug-likeness (QED) is 0.0306. The van der Waals surface area contributed by atoms with Gasteiger partial charge in [-0.1, -0.05) is 0 Å². The number of carbonyl (C=O) groups excluding carboxylic acids is 5. The predicted octanol–water partition coefficient (Wildman–Crippen LogP) is -4.27. The van der Waals surface area contributed by atoms with Gasteiger partial charge in [-0.15, -0.1) is 0 Å². The van der Waals surface area contributed by atoms with Gasteiger partial charge < -0.3 is 75.3 Å². The molecule has 0 spiro atoms. The highest BCUT2D eigenvalue weighted by atomic mass is 16.6. The van der Waals surface area contributed by atoms with Crippen LogP contribution in [0.15, 0.2) is 0 Å². The summed E-state index contributed by atoms with van der Waals surface area (Å²) >= 11 is 0. The molecule has 0 aromatic heterocycles. The van der Waals surface area contributed by atoms with E-state index in [1.807, 2.05) is 0 Å². The Kier molecular flexibility index (Phi) is 31.6. The molecule has 0 aliphatic carbocycles. The third-order valence-corrected chi connectivity index (χ3v) is 5.39. The average molecular weight is 713 g/mol. The van der Waals surface area contributed by atoms with E-state index in [1.54, 1.807) is 0 Å². The van der Waals surface area contributed by atoms with E-state index < -0.39 is 48.7 Å². The maximum atomic E-state index is 11.8. The third kappa shape index (κ3) is 37.0. The summed E-state index contributed by atoms with van der Waals surface area (Å²) in [6.07, 6.45) is -0.0228. The minimum atomic E-state index is -0.893. The topological polar surface area (TPSA) is 283 Å². The second-order valence-corrected chi connectivity index (χ2v) is 9.44. The first-order chi connectivity index (χ1) is 23.7. The number of hydrogen-bond donors (Lipinski definition) is 7. The van der Waals surface area contributed by atoms with Gasteiger partial charge in [0, 0.05) is 6.54 Å². The molecular weight excluding hydrogens is 660 g/mol. The Morgan fingerprint density at radius 1 is 0.388 bits per heavy atom. The number of carboxylic acids is 1. The average Bonchev–Trinajstić information content (AvgIpc) is 3.07. The smallest absolute Gasteiger partial charge is 0.312 e. The molecule has 0 rings (SSSR count). The number of amides is 6. The second kappa shape index (κ2) is 34.2. The Morgan fingerprint density at radius 2 is 0.653 bits per heavy atom. The molecular formula is C28H52N6O15. The fourth-order valence-electron chi connectivity index (χ4n) is 3.02. The summed E-state index contributed by atoms with van der Waals surface area (Å²) in [5.74, 6) is -3.21. The van der Waals surface area contributed by atoms with Crippen LogP contribution in [0.1, 0.15) is 6.42 Å². The number of nitrogens with two attached hydrogens (primary N) is 1. The van der Waals surface area contributed by atoms with Crippen LogP contribution >= 0.6 is 0 Å². The number of ether oxygens (including phenoxy) is 8. The zero-order valence-electron chi connectivity index (χ0n) is 27.8. The highest BCUT2D eigenvalue weighted by Crippen LogP contribution is 1.87. The zero-order valence-corrected chi connectivity index (χ0v) is 27.8. The predicted molar refractivity (Wildman–Crippen MR) is 168 cm³/mol. The molecule has 21 nitrogen and oxygen atoms in total. The molecule has 0 fully saturated rings. The minimum absolute atomic E-state index is 0.0228. The van der Waals surface area contributed by atoms with Crippen LogP contribution in [0.4, 0.5) is 4.79 Å². The van der Waals surface area contributed by atoms with E-state index in [1.165, 1.54) is 0 Å². The highest BCUT2D eigenvalue weighted by Gasteiger charge is 2.09. The fourth-order valence-corrected chi connectivity index (χ4v) is 3.02. The normalized spacial score (nSPS) is 10.7. The first-order valence-corrected chi connectivity index (χ1v) is 15.6. The first kappa shape index (κ1) is 45.3. The summed E-state index contributed by atoms with van der Waals surface area (Å²) in [5, 5.41) is 19.9. The highest BCUT2D eigenvalue weighted by molar-refractivity contribution is 5.90. The minimum Gasteiger partial charge on any atom is -0.481 e.